The van der Waals surface area contributed by atoms with Crippen LogP contribution >= 0.6 is 27.3 Å². The van der Waals surface area contributed by atoms with E-state index in [1.165, 1.54) is 20.6 Å². The molecular formula is C15H19BrN2S. The minimum absolute atomic E-state index is 0.352. The van der Waals surface area contributed by atoms with Crippen LogP contribution in [-0.4, -0.2) is 21.1 Å². The molecule has 0 saturated heterocycles. The molecule has 0 saturated carbocycles. The van der Waals surface area contributed by atoms with Gasteiger partial charge < -0.3 is 10.2 Å². The molecule has 0 amide bonds. The molecule has 2 aromatic rings. The van der Waals surface area contributed by atoms with Gasteiger partial charge in [0.1, 0.15) is 0 Å². The summed E-state index contributed by atoms with van der Waals surface area (Å²) in [5.74, 6) is 0. The summed E-state index contributed by atoms with van der Waals surface area (Å²) in [6.07, 6.45) is 1.02. The van der Waals surface area contributed by atoms with E-state index in [0.717, 1.165) is 6.42 Å². The average Bonchev–Trinajstić information content (AvgIpc) is 2.81. The lowest BCUT2D eigenvalue weighted by Gasteiger charge is -2.19. The summed E-state index contributed by atoms with van der Waals surface area (Å²) in [6, 6.07) is 11.3. The molecule has 0 aliphatic carbocycles. The van der Waals surface area contributed by atoms with Crippen LogP contribution in [0.2, 0.25) is 0 Å². The SMILES string of the molecule is CNC(Cc1cc(Br)cs1)c1cccc(N(C)C)c1. The maximum absolute atomic E-state index is 3.51. The molecule has 2 nitrogen and oxygen atoms in total. The zero-order valence-electron chi connectivity index (χ0n) is 11.5. The fourth-order valence-electron chi connectivity index (χ4n) is 2.07. The van der Waals surface area contributed by atoms with Crippen LogP contribution in [0.25, 0.3) is 0 Å². The van der Waals surface area contributed by atoms with E-state index in [1.54, 1.807) is 11.3 Å². The summed E-state index contributed by atoms with van der Waals surface area (Å²) >= 11 is 5.32. The molecule has 1 N–H and O–H groups in total. The van der Waals surface area contributed by atoms with Gasteiger partial charge in [-0.15, -0.1) is 11.3 Å². The van der Waals surface area contributed by atoms with Crippen molar-refractivity contribution in [2.75, 3.05) is 26.0 Å². The molecule has 1 heterocycles. The van der Waals surface area contributed by atoms with Crippen molar-refractivity contribution in [2.45, 2.75) is 12.5 Å². The number of likely N-dealkylation sites (N-methyl/N-ethyl adjacent to an activating group) is 1. The highest BCUT2D eigenvalue weighted by molar-refractivity contribution is 9.10. The number of hydrogen-bond donors (Lipinski definition) is 1. The van der Waals surface area contributed by atoms with E-state index in [9.17, 15) is 0 Å². The first-order valence-electron chi connectivity index (χ1n) is 6.27. The van der Waals surface area contributed by atoms with E-state index < -0.39 is 0 Å². The fourth-order valence-corrected chi connectivity index (χ4v) is 3.57. The second-order valence-corrected chi connectivity index (χ2v) is 6.68. The smallest absolute Gasteiger partial charge is 0.0367 e. The summed E-state index contributed by atoms with van der Waals surface area (Å²) in [5.41, 5.74) is 2.57. The van der Waals surface area contributed by atoms with Crippen molar-refractivity contribution in [3.05, 3.63) is 50.6 Å². The van der Waals surface area contributed by atoms with Gasteiger partial charge >= 0.3 is 0 Å². The second kappa shape index (κ2) is 6.55. The maximum atomic E-state index is 3.51. The molecule has 1 aromatic heterocycles. The highest BCUT2D eigenvalue weighted by Gasteiger charge is 2.12. The molecule has 1 aromatic carbocycles. The minimum Gasteiger partial charge on any atom is -0.378 e. The van der Waals surface area contributed by atoms with Gasteiger partial charge in [0.25, 0.3) is 0 Å². The Balaban J connectivity index is 2.19. The number of hydrogen-bond acceptors (Lipinski definition) is 3. The molecule has 0 bridgehead atoms. The van der Waals surface area contributed by atoms with E-state index in [-0.39, 0.29) is 0 Å². The molecule has 102 valence electrons. The summed E-state index contributed by atoms with van der Waals surface area (Å²) in [4.78, 5) is 3.53. The van der Waals surface area contributed by atoms with Crippen molar-refractivity contribution in [3.63, 3.8) is 0 Å². The topological polar surface area (TPSA) is 15.3 Å². The Morgan fingerprint density at radius 3 is 2.68 bits per heavy atom. The molecular weight excluding hydrogens is 320 g/mol. The lowest BCUT2D eigenvalue weighted by atomic mass is 10.0. The normalized spacial score (nSPS) is 12.4. The third kappa shape index (κ3) is 3.81. The van der Waals surface area contributed by atoms with Crippen LogP contribution in [0.15, 0.2) is 40.2 Å². The molecule has 0 fully saturated rings. The fraction of sp³-hybridized carbons (Fsp3) is 0.333. The molecule has 1 atom stereocenters. The van der Waals surface area contributed by atoms with Crippen LogP contribution in [0.1, 0.15) is 16.5 Å². The van der Waals surface area contributed by atoms with Gasteiger partial charge in [0.15, 0.2) is 0 Å². The standard InChI is InChI=1S/C15H19BrN2S/c1-17-15(9-14-8-12(16)10-19-14)11-5-4-6-13(7-11)18(2)3/h4-8,10,15,17H,9H2,1-3H3. The van der Waals surface area contributed by atoms with Crippen molar-refractivity contribution in [1.82, 2.24) is 5.32 Å². The summed E-state index contributed by atoms with van der Waals surface area (Å²) in [6.45, 7) is 0. The lowest BCUT2D eigenvalue weighted by molar-refractivity contribution is 0.596. The predicted octanol–water partition coefficient (Wildman–Crippen LogP) is 4.08. The monoisotopic (exact) mass is 338 g/mol. The summed E-state index contributed by atoms with van der Waals surface area (Å²) < 4.78 is 1.17. The Labute approximate surface area is 127 Å². The van der Waals surface area contributed by atoms with E-state index in [2.05, 4.69) is 76.0 Å². The Morgan fingerprint density at radius 2 is 2.11 bits per heavy atom. The first kappa shape index (κ1) is 14.6. The highest BCUT2D eigenvalue weighted by Crippen LogP contribution is 2.27. The van der Waals surface area contributed by atoms with Crippen LogP contribution in [0.5, 0.6) is 0 Å². The quantitative estimate of drug-likeness (QED) is 0.883. The van der Waals surface area contributed by atoms with Gasteiger partial charge in [0.2, 0.25) is 0 Å². The Bertz CT molecular complexity index is 536. The Kier molecular flexibility index (Phi) is 5.02. The van der Waals surface area contributed by atoms with Crippen LogP contribution in [0.3, 0.4) is 0 Å². The first-order chi connectivity index (χ1) is 9.10. The predicted molar refractivity (Wildman–Crippen MR) is 88.3 cm³/mol. The Hall–Kier alpha value is -0.840. The van der Waals surface area contributed by atoms with Crippen LogP contribution in [0.4, 0.5) is 5.69 Å². The molecule has 0 spiro atoms. The number of thiophene rings is 1. The number of benzene rings is 1. The van der Waals surface area contributed by atoms with Gasteiger partial charge in [-0.2, -0.15) is 0 Å². The van der Waals surface area contributed by atoms with Crippen LogP contribution in [0, 0.1) is 0 Å². The van der Waals surface area contributed by atoms with Crippen LogP contribution < -0.4 is 10.2 Å². The number of nitrogens with one attached hydrogen (secondary N) is 1. The van der Waals surface area contributed by atoms with Crippen molar-refractivity contribution < 1.29 is 0 Å². The van der Waals surface area contributed by atoms with E-state index in [0.29, 0.717) is 6.04 Å². The molecule has 0 aliphatic heterocycles. The summed E-state index contributed by atoms with van der Waals surface area (Å²) in [5, 5.41) is 5.55. The van der Waals surface area contributed by atoms with Gasteiger partial charge in [-0.3, -0.25) is 0 Å². The Morgan fingerprint density at radius 1 is 1.32 bits per heavy atom. The maximum Gasteiger partial charge on any atom is 0.0367 e. The number of anilines is 1. The third-order valence-corrected chi connectivity index (χ3v) is 4.88. The van der Waals surface area contributed by atoms with E-state index >= 15 is 0 Å². The van der Waals surface area contributed by atoms with Gasteiger partial charge in [0.05, 0.1) is 0 Å². The largest absolute Gasteiger partial charge is 0.378 e. The molecule has 19 heavy (non-hydrogen) atoms. The van der Waals surface area contributed by atoms with Gasteiger partial charge in [-0.1, -0.05) is 12.1 Å². The van der Waals surface area contributed by atoms with Crippen molar-refractivity contribution in [2.24, 2.45) is 0 Å². The first-order valence-corrected chi connectivity index (χ1v) is 7.95. The molecule has 0 aliphatic rings. The molecule has 1 unspecified atom stereocenters. The van der Waals surface area contributed by atoms with Crippen molar-refractivity contribution in [3.8, 4) is 0 Å². The lowest BCUT2D eigenvalue weighted by Crippen LogP contribution is -2.19. The molecule has 4 heteroatoms. The van der Waals surface area contributed by atoms with E-state index in [1.807, 2.05) is 7.05 Å². The third-order valence-electron chi connectivity index (χ3n) is 3.16. The van der Waals surface area contributed by atoms with E-state index in [4.69, 9.17) is 0 Å². The molecule has 2 rings (SSSR count). The highest BCUT2D eigenvalue weighted by atomic mass is 79.9. The van der Waals surface area contributed by atoms with Crippen molar-refractivity contribution in [1.29, 1.82) is 0 Å². The van der Waals surface area contributed by atoms with Gasteiger partial charge in [-0.05, 0) is 46.7 Å². The minimum atomic E-state index is 0.352. The second-order valence-electron chi connectivity index (χ2n) is 4.77. The zero-order chi connectivity index (χ0) is 13.8. The van der Waals surface area contributed by atoms with Gasteiger partial charge in [-0.25, -0.2) is 0 Å². The van der Waals surface area contributed by atoms with Crippen LogP contribution in [-0.2, 0) is 6.42 Å². The van der Waals surface area contributed by atoms with Crippen molar-refractivity contribution >= 4 is 33.0 Å². The number of halogens is 1. The number of nitrogens with zero attached hydrogens (tertiary/aromatic N) is 1. The average molecular weight is 339 g/mol. The zero-order valence-corrected chi connectivity index (χ0v) is 13.9. The summed E-state index contributed by atoms with van der Waals surface area (Å²) in [7, 11) is 6.17. The molecule has 0 radical (unpaired) electrons. The number of rotatable bonds is 5. The van der Waals surface area contributed by atoms with Gasteiger partial charge in [0, 0.05) is 47.0 Å².